The molecule has 0 bridgehead atoms. The zero-order valence-corrected chi connectivity index (χ0v) is 17.4. The van der Waals surface area contributed by atoms with Crippen LogP contribution in [0.3, 0.4) is 0 Å². The summed E-state index contributed by atoms with van der Waals surface area (Å²) >= 11 is 0. The van der Waals surface area contributed by atoms with E-state index < -0.39 is 0 Å². The summed E-state index contributed by atoms with van der Waals surface area (Å²) in [4.78, 5) is 16.9. The molecule has 30 heavy (non-hydrogen) atoms. The lowest BCUT2D eigenvalue weighted by atomic mass is 10.1. The van der Waals surface area contributed by atoms with Crippen LogP contribution < -0.4 is 10.1 Å². The van der Waals surface area contributed by atoms with E-state index >= 15 is 0 Å². The quantitative estimate of drug-likeness (QED) is 0.451. The number of amides is 1. The molecule has 0 saturated carbocycles. The predicted octanol–water partition coefficient (Wildman–Crippen LogP) is 5.69. The third-order valence-corrected chi connectivity index (χ3v) is 5.19. The second-order valence-corrected chi connectivity index (χ2v) is 7.29. The van der Waals surface area contributed by atoms with Crippen molar-refractivity contribution in [2.24, 2.45) is 0 Å². The highest BCUT2D eigenvalue weighted by Crippen LogP contribution is 2.27. The molecule has 1 amide bonds. The van der Waals surface area contributed by atoms with Crippen molar-refractivity contribution in [1.29, 1.82) is 0 Å². The van der Waals surface area contributed by atoms with Crippen LogP contribution in [0.4, 0.5) is 5.69 Å². The second kappa shape index (κ2) is 8.41. The van der Waals surface area contributed by atoms with E-state index in [0.29, 0.717) is 22.7 Å². The highest BCUT2D eigenvalue weighted by molar-refractivity contribution is 5.94. The fourth-order valence-corrected chi connectivity index (χ4v) is 3.23. The van der Waals surface area contributed by atoms with Gasteiger partial charge in [0.05, 0.1) is 0 Å². The minimum absolute atomic E-state index is 0.0594. The summed E-state index contributed by atoms with van der Waals surface area (Å²) in [6.45, 7) is 6.06. The van der Waals surface area contributed by atoms with Crippen LogP contribution in [0.15, 0.2) is 65.1 Å². The van der Waals surface area contributed by atoms with Crippen LogP contribution in [-0.4, -0.2) is 17.5 Å². The van der Waals surface area contributed by atoms with Crippen molar-refractivity contribution in [2.45, 2.75) is 27.2 Å². The van der Waals surface area contributed by atoms with E-state index in [1.165, 1.54) is 5.56 Å². The molecule has 0 aliphatic heterocycles. The summed E-state index contributed by atoms with van der Waals surface area (Å²) in [5, 5.41) is 2.86. The number of aromatic nitrogens is 1. The number of hydrogen-bond acceptors (Lipinski definition) is 4. The molecule has 1 N–H and O–H groups in total. The Morgan fingerprint density at radius 3 is 2.63 bits per heavy atom. The zero-order valence-electron chi connectivity index (χ0n) is 17.4. The number of anilines is 1. The van der Waals surface area contributed by atoms with Crippen molar-refractivity contribution in [1.82, 2.24) is 4.98 Å². The maximum Gasteiger partial charge on any atom is 0.262 e. The van der Waals surface area contributed by atoms with Gasteiger partial charge in [0.15, 0.2) is 12.2 Å². The van der Waals surface area contributed by atoms with Crippen molar-refractivity contribution >= 4 is 22.7 Å². The van der Waals surface area contributed by atoms with E-state index in [1.807, 2.05) is 50.2 Å². The van der Waals surface area contributed by atoms with Crippen LogP contribution in [-0.2, 0) is 11.2 Å². The van der Waals surface area contributed by atoms with Crippen molar-refractivity contribution in [3.05, 3.63) is 77.4 Å². The molecule has 0 fully saturated rings. The third-order valence-electron chi connectivity index (χ3n) is 5.19. The molecule has 4 rings (SSSR count). The lowest BCUT2D eigenvalue weighted by molar-refractivity contribution is -0.118. The Morgan fingerprint density at radius 2 is 1.87 bits per heavy atom. The molecule has 0 atom stereocenters. The first-order valence-electron chi connectivity index (χ1n) is 10.0. The number of rotatable bonds is 6. The van der Waals surface area contributed by atoms with E-state index in [4.69, 9.17) is 9.15 Å². The maximum atomic E-state index is 12.3. The number of aryl methyl sites for hydroxylation is 2. The molecule has 0 unspecified atom stereocenters. The van der Waals surface area contributed by atoms with Gasteiger partial charge in [-0.05, 0) is 73.4 Å². The van der Waals surface area contributed by atoms with Crippen molar-refractivity contribution in [3.8, 4) is 17.2 Å². The lowest BCUT2D eigenvalue weighted by Crippen LogP contribution is -2.20. The zero-order chi connectivity index (χ0) is 21.1. The Hall–Kier alpha value is -3.60. The Kier molecular flexibility index (Phi) is 5.53. The van der Waals surface area contributed by atoms with Crippen LogP contribution in [0, 0.1) is 13.8 Å². The standard InChI is InChI=1S/C25H24N2O3/c1-4-18-8-10-19(11-9-18)25-27-21-14-20(12-13-23(21)30-25)26-24(28)15-29-22-7-5-6-16(2)17(22)3/h5-14H,4,15H2,1-3H3,(H,26,28). The number of oxazole rings is 1. The largest absolute Gasteiger partial charge is 0.483 e. The maximum absolute atomic E-state index is 12.3. The third kappa shape index (κ3) is 4.20. The number of fused-ring (bicyclic) bond motifs is 1. The monoisotopic (exact) mass is 400 g/mol. The van der Waals surface area contributed by atoms with E-state index in [-0.39, 0.29) is 12.5 Å². The number of carbonyl (C=O) groups excluding carboxylic acids is 1. The summed E-state index contributed by atoms with van der Waals surface area (Å²) in [6, 6.07) is 19.4. The summed E-state index contributed by atoms with van der Waals surface area (Å²) < 4.78 is 11.5. The molecular formula is C25H24N2O3. The highest BCUT2D eigenvalue weighted by atomic mass is 16.5. The van der Waals surface area contributed by atoms with E-state index in [9.17, 15) is 4.79 Å². The first-order chi connectivity index (χ1) is 14.5. The first-order valence-corrected chi connectivity index (χ1v) is 10.0. The Bertz CT molecular complexity index is 1190. The van der Waals surface area contributed by atoms with Gasteiger partial charge in [-0.2, -0.15) is 0 Å². The summed E-state index contributed by atoms with van der Waals surface area (Å²) in [6.07, 6.45) is 0.990. The topological polar surface area (TPSA) is 64.4 Å². The van der Waals surface area contributed by atoms with Crippen LogP contribution in [0.5, 0.6) is 5.75 Å². The average Bonchev–Trinajstić information content (AvgIpc) is 3.18. The lowest BCUT2D eigenvalue weighted by Gasteiger charge is -2.11. The number of carbonyl (C=O) groups is 1. The molecule has 5 heteroatoms. The molecule has 1 aromatic heterocycles. The SMILES string of the molecule is CCc1ccc(-c2nc3cc(NC(=O)COc4cccc(C)c4C)ccc3o2)cc1. The normalized spacial score (nSPS) is 10.9. The molecule has 1 heterocycles. The molecule has 0 aliphatic rings. The number of hydrogen-bond donors (Lipinski definition) is 1. The predicted molar refractivity (Wildman–Crippen MR) is 119 cm³/mol. The van der Waals surface area contributed by atoms with Crippen molar-refractivity contribution < 1.29 is 13.9 Å². The van der Waals surface area contributed by atoms with Gasteiger partial charge >= 0.3 is 0 Å². The van der Waals surface area contributed by atoms with E-state index in [2.05, 4.69) is 29.4 Å². The van der Waals surface area contributed by atoms with Crippen LogP contribution >= 0.6 is 0 Å². The molecule has 0 saturated heterocycles. The van der Waals surface area contributed by atoms with E-state index in [1.54, 1.807) is 12.1 Å². The van der Waals surface area contributed by atoms with Gasteiger partial charge in [0.2, 0.25) is 5.89 Å². The number of nitrogens with one attached hydrogen (secondary N) is 1. The average molecular weight is 400 g/mol. The fourth-order valence-electron chi connectivity index (χ4n) is 3.23. The molecule has 0 radical (unpaired) electrons. The smallest absolute Gasteiger partial charge is 0.262 e. The van der Waals surface area contributed by atoms with Crippen LogP contribution in [0.1, 0.15) is 23.6 Å². The van der Waals surface area contributed by atoms with Crippen LogP contribution in [0.25, 0.3) is 22.6 Å². The number of benzene rings is 3. The highest BCUT2D eigenvalue weighted by Gasteiger charge is 2.11. The van der Waals surface area contributed by atoms with Crippen molar-refractivity contribution in [2.75, 3.05) is 11.9 Å². The fraction of sp³-hybridized carbons (Fsp3) is 0.200. The van der Waals surface area contributed by atoms with Gasteiger partial charge in [-0.25, -0.2) is 4.98 Å². The first kappa shape index (κ1) is 19.7. The molecular weight excluding hydrogens is 376 g/mol. The molecule has 0 spiro atoms. The van der Waals surface area contributed by atoms with Crippen LogP contribution in [0.2, 0.25) is 0 Å². The minimum atomic E-state index is -0.228. The number of ether oxygens (including phenoxy) is 1. The Labute approximate surface area is 175 Å². The van der Waals surface area contributed by atoms with Gasteiger partial charge in [-0.1, -0.05) is 31.2 Å². The summed E-state index contributed by atoms with van der Waals surface area (Å²) in [5.41, 5.74) is 6.38. The summed E-state index contributed by atoms with van der Waals surface area (Å²) in [7, 11) is 0. The summed E-state index contributed by atoms with van der Waals surface area (Å²) in [5.74, 6) is 1.05. The van der Waals surface area contributed by atoms with E-state index in [0.717, 1.165) is 28.9 Å². The Balaban J connectivity index is 1.45. The van der Waals surface area contributed by atoms with Gasteiger partial charge in [0, 0.05) is 11.3 Å². The van der Waals surface area contributed by atoms with Gasteiger partial charge in [-0.3, -0.25) is 4.79 Å². The minimum Gasteiger partial charge on any atom is -0.483 e. The Morgan fingerprint density at radius 1 is 1.07 bits per heavy atom. The van der Waals surface area contributed by atoms with Crippen molar-refractivity contribution in [3.63, 3.8) is 0 Å². The second-order valence-electron chi connectivity index (χ2n) is 7.29. The molecule has 5 nitrogen and oxygen atoms in total. The molecule has 4 aromatic rings. The van der Waals surface area contributed by atoms with Gasteiger partial charge in [0.1, 0.15) is 11.3 Å². The van der Waals surface area contributed by atoms with Gasteiger partial charge < -0.3 is 14.5 Å². The molecule has 152 valence electrons. The van der Waals surface area contributed by atoms with Gasteiger partial charge in [0.25, 0.3) is 5.91 Å². The molecule has 0 aliphatic carbocycles. The number of nitrogens with zero attached hydrogens (tertiary/aromatic N) is 1. The molecule has 3 aromatic carbocycles. The van der Waals surface area contributed by atoms with Gasteiger partial charge in [-0.15, -0.1) is 0 Å².